The van der Waals surface area contributed by atoms with E-state index in [2.05, 4.69) is 0 Å². The highest BCUT2D eigenvalue weighted by Gasteiger charge is 2.26. The van der Waals surface area contributed by atoms with Gasteiger partial charge in [-0.05, 0) is 25.3 Å². The zero-order valence-electron chi connectivity index (χ0n) is 12.2. The van der Waals surface area contributed by atoms with Crippen molar-refractivity contribution in [1.82, 2.24) is 4.90 Å². The number of ketones is 1. The monoisotopic (exact) mass is 273 g/mol. The molecule has 0 N–H and O–H groups in total. The number of Topliss-reactive ketones (excluding diaryl/α,β-unsaturated/α-hetero) is 1. The number of nitrogens with zero attached hydrogens (tertiary/aromatic N) is 1. The van der Waals surface area contributed by atoms with Gasteiger partial charge < -0.3 is 4.90 Å². The molecule has 108 valence electrons. The summed E-state index contributed by atoms with van der Waals surface area (Å²) in [7, 11) is 0. The van der Waals surface area contributed by atoms with Crippen LogP contribution < -0.4 is 0 Å². The number of hydrogen-bond donors (Lipinski definition) is 0. The maximum atomic E-state index is 12.5. The lowest BCUT2D eigenvalue weighted by atomic mass is 10.0. The third-order valence-electron chi connectivity index (χ3n) is 3.92. The van der Waals surface area contributed by atoms with Gasteiger partial charge in [-0.25, -0.2) is 0 Å². The summed E-state index contributed by atoms with van der Waals surface area (Å²) >= 11 is 0. The molecule has 1 amide bonds. The van der Waals surface area contributed by atoms with Crippen molar-refractivity contribution in [3.8, 4) is 0 Å². The summed E-state index contributed by atoms with van der Waals surface area (Å²) in [4.78, 5) is 25.9. The van der Waals surface area contributed by atoms with E-state index in [0.717, 1.165) is 37.8 Å². The number of carbonyl (C=O) groups is 2. The molecular formula is C17H23NO2. The van der Waals surface area contributed by atoms with Crippen LogP contribution >= 0.6 is 0 Å². The fourth-order valence-electron chi connectivity index (χ4n) is 2.92. The van der Waals surface area contributed by atoms with Crippen molar-refractivity contribution < 1.29 is 9.59 Å². The Morgan fingerprint density at radius 2 is 1.90 bits per heavy atom. The van der Waals surface area contributed by atoms with Gasteiger partial charge in [-0.2, -0.15) is 0 Å². The highest BCUT2D eigenvalue weighted by Crippen LogP contribution is 2.20. The first-order chi connectivity index (χ1) is 9.66. The molecule has 1 aromatic carbocycles. The molecule has 0 saturated carbocycles. The van der Waals surface area contributed by atoms with Crippen LogP contribution in [0.2, 0.25) is 0 Å². The van der Waals surface area contributed by atoms with E-state index >= 15 is 0 Å². The van der Waals surface area contributed by atoms with E-state index in [1.165, 1.54) is 0 Å². The van der Waals surface area contributed by atoms with Crippen molar-refractivity contribution >= 4 is 11.7 Å². The Morgan fingerprint density at radius 1 is 1.15 bits per heavy atom. The zero-order valence-corrected chi connectivity index (χ0v) is 12.2. The smallest absolute Gasteiger partial charge is 0.227 e. The molecule has 2 rings (SSSR count). The summed E-state index contributed by atoms with van der Waals surface area (Å²) in [6.07, 6.45) is 5.22. The molecule has 1 fully saturated rings. The van der Waals surface area contributed by atoms with E-state index in [9.17, 15) is 9.59 Å². The van der Waals surface area contributed by atoms with Crippen LogP contribution in [0.1, 0.15) is 44.6 Å². The van der Waals surface area contributed by atoms with Crippen molar-refractivity contribution in [3.63, 3.8) is 0 Å². The van der Waals surface area contributed by atoms with Crippen molar-refractivity contribution in [2.45, 2.75) is 51.5 Å². The Hall–Kier alpha value is -1.64. The number of amides is 1. The SMILES string of the molecule is CC(=O)CC1CCCCCN1C(=O)Cc1ccccc1. The van der Waals surface area contributed by atoms with Crippen LogP contribution in [0, 0.1) is 0 Å². The minimum absolute atomic E-state index is 0.103. The fourth-order valence-corrected chi connectivity index (χ4v) is 2.92. The summed E-state index contributed by atoms with van der Waals surface area (Å²) < 4.78 is 0. The fraction of sp³-hybridized carbons (Fsp3) is 0.529. The van der Waals surface area contributed by atoms with Gasteiger partial charge in [0.05, 0.1) is 6.42 Å². The van der Waals surface area contributed by atoms with Crippen LogP contribution in [-0.4, -0.2) is 29.2 Å². The predicted molar refractivity (Wildman–Crippen MR) is 79.4 cm³/mol. The number of likely N-dealkylation sites (tertiary alicyclic amines) is 1. The second-order valence-corrected chi connectivity index (χ2v) is 5.66. The van der Waals surface area contributed by atoms with Gasteiger partial charge in [-0.1, -0.05) is 43.2 Å². The molecule has 1 aliphatic heterocycles. The number of benzene rings is 1. The summed E-state index contributed by atoms with van der Waals surface area (Å²) in [6.45, 7) is 2.41. The number of hydrogen-bond acceptors (Lipinski definition) is 2. The molecule has 3 heteroatoms. The molecule has 0 spiro atoms. The van der Waals surface area contributed by atoms with Gasteiger partial charge in [0.1, 0.15) is 5.78 Å². The van der Waals surface area contributed by atoms with Crippen molar-refractivity contribution in [1.29, 1.82) is 0 Å². The Bertz CT molecular complexity index is 455. The molecule has 1 unspecified atom stereocenters. The van der Waals surface area contributed by atoms with E-state index < -0.39 is 0 Å². The Morgan fingerprint density at radius 3 is 2.60 bits per heavy atom. The predicted octanol–water partition coefficient (Wildman–Crippen LogP) is 2.98. The van der Waals surface area contributed by atoms with E-state index in [1.54, 1.807) is 6.92 Å². The Balaban J connectivity index is 2.05. The minimum atomic E-state index is 0.103. The third-order valence-corrected chi connectivity index (χ3v) is 3.92. The van der Waals surface area contributed by atoms with E-state index in [0.29, 0.717) is 12.8 Å². The molecule has 1 aromatic rings. The van der Waals surface area contributed by atoms with Gasteiger partial charge in [0, 0.05) is 19.0 Å². The summed E-state index contributed by atoms with van der Waals surface area (Å²) in [5.41, 5.74) is 1.04. The largest absolute Gasteiger partial charge is 0.339 e. The van der Waals surface area contributed by atoms with Gasteiger partial charge in [-0.3, -0.25) is 9.59 Å². The average Bonchev–Trinajstić information content (AvgIpc) is 2.64. The van der Waals surface area contributed by atoms with Crippen molar-refractivity contribution in [3.05, 3.63) is 35.9 Å². The standard InChI is InChI=1S/C17H23NO2/c1-14(19)12-16-10-6-3-7-11-18(16)17(20)13-15-8-4-2-5-9-15/h2,4-5,8-9,16H,3,6-7,10-13H2,1H3. The summed E-state index contributed by atoms with van der Waals surface area (Å²) in [6, 6.07) is 9.94. The molecule has 3 nitrogen and oxygen atoms in total. The maximum absolute atomic E-state index is 12.5. The second kappa shape index (κ2) is 7.22. The van der Waals surface area contributed by atoms with Crippen LogP contribution in [-0.2, 0) is 16.0 Å². The van der Waals surface area contributed by atoms with E-state index in [-0.39, 0.29) is 17.7 Å². The first kappa shape index (κ1) is 14.8. The second-order valence-electron chi connectivity index (χ2n) is 5.66. The van der Waals surface area contributed by atoms with Crippen molar-refractivity contribution in [2.24, 2.45) is 0 Å². The summed E-state index contributed by atoms with van der Waals surface area (Å²) in [5, 5.41) is 0. The topological polar surface area (TPSA) is 37.4 Å². The molecule has 0 bridgehead atoms. The highest BCUT2D eigenvalue weighted by molar-refractivity contribution is 5.81. The lowest BCUT2D eigenvalue weighted by Gasteiger charge is -2.29. The molecule has 0 aromatic heterocycles. The van der Waals surface area contributed by atoms with Gasteiger partial charge in [0.25, 0.3) is 0 Å². The van der Waals surface area contributed by atoms with Crippen LogP contribution in [0.3, 0.4) is 0 Å². The van der Waals surface area contributed by atoms with E-state index in [1.807, 2.05) is 35.2 Å². The van der Waals surface area contributed by atoms with Gasteiger partial charge >= 0.3 is 0 Å². The van der Waals surface area contributed by atoms with Crippen LogP contribution in [0.15, 0.2) is 30.3 Å². The lowest BCUT2D eigenvalue weighted by molar-refractivity contribution is -0.133. The minimum Gasteiger partial charge on any atom is -0.339 e. The molecule has 1 atom stereocenters. The van der Waals surface area contributed by atoms with Gasteiger partial charge in [-0.15, -0.1) is 0 Å². The average molecular weight is 273 g/mol. The van der Waals surface area contributed by atoms with Crippen LogP contribution in [0.25, 0.3) is 0 Å². The summed E-state index contributed by atoms with van der Waals surface area (Å²) in [5.74, 6) is 0.332. The number of carbonyl (C=O) groups excluding carboxylic acids is 2. The first-order valence-corrected chi connectivity index (χ1v) is 7.49. The maximum Gasteiger partial charge on any atom is 0.227 e. The quantitative estimate of drug-likeness (QED) is 0.845. The molecule has 1 saturated heterocycles. The number of rotatable bonds is 4. The lowest BCUT2D eigenvalue weighted by Crippen LogP contribution is -2.41. The first-order valence-electron chi connectivity index (χ1n) is 7.49. The molecule has 0 aliphatic carbocycles. The van der Waals surface area contributed by atoms with Crippen LogP contribution in [0.4, 0.5) is 0 Å². The van der Waals surface area contributed by atoms with Crippen molar-refractivity contribution in [2.75, 3.05) is 6.54 Å². The Labute approximate surface area is 121 Å². The Kier molecular flexibility index (Phi) is 5.33. The molecular weight excluding hydrogens is 250 g/mol. The molecule has 1 aliphatic rings. The normalized spacial score (nSPS) is 19.4. The third kappa shape index (κ3) is 4.19. The molecule has 1 heterocycles. The van der Waals surface area contributed by atoms with Gasteiger partial charge in [0.2, 0.25) is 5.91 Å². The van der Waals surface area contributed by atoms with Crippen LogP contribution in [0.5, 0.6) is 0 Å². The molecule has 20 heavy (non-hydrogen) atoms. The van der Waals surface area contributed by atoms with E-state index in [4.69, 9.17) is 0 Å². The molecule has 0 radical (unpaired) electrons. The zero-order chi connectivity index (χ0) is 14.4. The highest BCUT2D eigenvalue weighted by atomic mass is 16.2. The van der Waals surface area contributed by atoms with Gasteiger partial charge in [0.15, 0.2) is 0 Å².